The minimum absolute atomic E-state index is 0.137. The first kappa shape index (κ1) is 10.4. The molecule has 1 heteroatoms. The Morgan fingerprint density at radius 3 is 2.60 bits per heavy atom. The van der Waals surface area contributed by atoms with E-state index in [4.69, 9.17) is 0 Å². The first-order valence-corrected chi connectivity index (χ1v) is 5.68. The van der Waals surface area contributed by atoms with Crippen molar-refractivity contribution < 1.29 is 4.39 Å². The monoisotopic (exact) mass is 204 g/mol. The average Bonchev–Trinajstić information content (AvgIpc) is 2.68. The summed E-state index contributed by atoms with van der Waals surface area (Å²) in [7, 11) is 0. The van der Waals surface area contributed by atoms with Crippen molar-refractivity contribution >= 4 is 0 Å². The normalized spacial score (nSPS) is 26.3. The summed E-state index contributed by atoms with van der Waals surface area (Å²) in [6, 6.07) is 6.99. The van der Waals surface area contributed by atoms with E-state index < -0.39 is 0 Å². The van der Waals surface area contributed by atoms with Crippen LogP contribution < -0.4 is 0 Å². The molecule has 0 spiro atoms. The van der Waals surface area contributed by atoms with E-state index in [1.807, 2.05) is 12.1 Å². The number of benzene rings is 1. The molecule has 1 aliphatic carbocycles. The van der Waals surface area contributed by atoms with Gasteiger partial charge in [-0.1, -0.05) is 24.3 Å². The van der Waals surface area contributed by atoms with Crippen LogP contribution in [0.1, 0.15) is 37.7 Å². The Morgan fingerprint density at radius 2 is 1.93 bits per heavy atom. The van der Waals surface area contributed by atoms with Crippen LogP contribution >= 0.6 is 0 Å². The molecule has 0 nitrogen and oxygen atoms in total. The molecule has 0 aliphatic heterocycles. The second-order valence-electron chi connectivity index (χ2n) is 4.35. The molecule has 1 aromatic rings. The van der Waals surface area contributed by atoms with Gasteiger partial charge in [-0.25, -0.2) is 4.39 Å². The zero-order chi connectivity index (χ0) is 10.7. The van der Waals surface area contributed by atoms with Gasteiger partial charge >= 0.3 is 0 Å². The fourth-order valence-electron chi connectivity index (χ4n) is 2.50. The molecule has 1 aromatic carbocycles. The van der Waals surface area contributed by atoms with E-state index in [0.29, 0.717) is 5.92 Å². The smallest absolute Gasteiger partial charge is 0.123 e. The lowest BCUT2D eigenvalue weighted by Crippen LogP contribution is -1.93. The molecule has 1 aliphatic rings. The highest BCUT2D eigenvalue weighted by Gasteiger charge is 2.23. The summed E-state index contributed by atoms with van der Waals surface area (Å²) in [5.74, 6) is 1.22. The lowest BCUT2D eigenvalue weighted by Gasteiger charge is -2.09. The zero-order valence-electron chi connectivity index (χ0n) is 9.12. The molecule has 2 unspecified atom stereocenters. The maximum atomic E-state index is 12.8. The van der Waals surface area contributed by atoms with Crippen LogP contribution in [0, 0.1) is 11.7 Å². The third-order valence-corrected chi connectivity index (χ3v) is 3.28. The number of allylic oxidation sites excluding steroid dienone is 2. The Kier molecular flexibility index (Phi) is 3.20. The van der Waals surface area contributed by atoms with E-state index in [1.54, 1.807) is 12.1 Å². The van der Waals surface area contributed by atoms with Crippen molar-refractivity contribution in [1.82, 2.24) is 0 Å². The van der Waals surface area contributed by atoms with E-state index >= 15 is 0 Å². The third kappa shape index (κ3) is 2.47. The minimum Gasteiger partial charge on any atom is -0.207 e. The van der Waals surface area contributed by atoms with Crippen molar-refractivity contribution in [3.05, 3.63) is 47.8 Å². The molecule has 2 atom stereocenters. The molecule has 1 fully saturated rings. The number of hydrogen-bond donors (Lipinski definition) is 0. The molecule has 0 saturated heterocycles. The lowest BCUT2D eigenvalue weighted by molar-refractivity contribution is 0.622. The van der Waals surface area contributed by atoms with Crippen molar-refractivity contribution in [2.24, 2.45) is 5.92 Å². The van der Waals surface area contributed by atoms with Gasteiger partial charge < -0.3 is 0 Å². The Labute approximate surface area is 90.8 Å². The van der Waals surface area contributed by atoms with Crippen molar-refractivity contribution in [3.8, 4) is 0 Å². The molecule has 1 saturated carbocycles. The molecular weight excluding hydrogens is 187 g/mol. The molecule has 0 bridgehead atoms. The van der Waals surface area contributed by atoms with Gasteiger partial charge in [0.25, 0.3) is 0 Å². The SMILES string of the molecule is C/C=C/C1CCC(c2ccc(F)cc2)C1. The molecular formula is C14H17F. The molecule has 15 heavy (non-hydrogen) atoms. The van der Waals surface area contributed by atoms with Gasteiger partial charge in [0.05, 0.1) is 0 Å². The summed E-state index contributed by atoms with van der Waals surface area (Å²) in [6.07, 6.45) is 8.16. The maximum absolute atomic E-state index is 12.8. The van der Waals surface area contributed by atoms with Gasteiger partial charge in [-0.3, -0.25) is 0 Å². The van der Waals surface area contributed by atoms with E-state index in [-0.39, 0.29) is 5.82 Å². The topological polar surface area (TPSA) is 0 Å². The fourth-order valence-corrected chi connectivity index (χ4v) is 2.50. The predicted molar refractivity (Wildman–Crippen MR) is 61.3 cm³/mol. The van der Waals surface area contributed by atoms with Crippen LogP contribution in [0.5, 0.6) is 0 Å². The average molecular weight is 204 g/mol. The third-order valence-electron chi connectivity index (χ3n) is 3.28. The van der Waals surface area contributed by atoms with Crippen LogP contribution in [0.2, 0.25) is 0 Å². The van der Waals surface area contributed by atoms with Gasteiger partial charge in [-0.05, 0) is 55.7 Å². The summed E-state index contributed by atoms with van der Waals surface area (Å²) in [6.45, 7) is 2.07. The first-order chi connectivity index (χ1) is 7.29. The van der Waals surface area contributed by atoms with E-state index in [2.05, 4.69) is 19.1 Å². The molecule has 2 rings (SSSR count). The highest BCUT2D eigenvalue weighted by molar-refractivity contribution is 5.22. The summed E-state index contributed by atoms with van der Waals surface area (Å²) >= 11 is 0. The highest BCUT2D eigenvalue weighted by atomic mass is 19.1. The van der Waals surface area contributed by atoms with Crippen molar-refractivity contribution in [2.45, 2.75) is 32.1 Å². The summed E-state index contributed by atoms with van der Waals surface area (Å²) < 4.78 is 12.8. The van der Waals surface area contributed by atoms with Crippen LogP contribution in [0.3, 0.4) is 0 Å². The second-order valence-corrected chi connectivity index (χ2v) is 4.35. The van der Waals surface area contributed by atoms with Gasteiger partial charge in [0.2, 0.25) is 0 Å². The van der Waals surface area contributed by atoms with Gasteiger partial charge in [-0.2, -0.15) is 0 Å². The van der Waals surface area contributed by atoms with Gasteiger partial charge in [-0.15, -0.1) is 0 Å². The number of rotatable bonds is 2. The molecule has 0 amide bonds. The molecule has 80 valence electrons. The number of hydrogen-bond acceptors (Lipinski definition) is 0. The Morgan fingerprint density at radius 1 is 1.20 bits per heavy atom. The zero-order valence-corrected chi connectivity index (χ0v) is 9.12. The van der Waals surface area contributed by atoms with Crippen molar-refractivity contribution in [1.29, 1.82) is 0 Å². The Bertz CT molecular complexity index is 337. The maximum Gasteiger partial charge on any atom is 0.123 e. The summed E-state index contributed by atoms with van der Waals surface area (Å²) in [4.78, 5) is 0. The Hall–Kier alpha value is -1.11. The molecule has 0 radical (unpaired) electrons. The van der Waals surface area contributed by atoms with Gasteiger partial charge in [0, 0.05) is 0 Å². The minimum atomic E-state index is -0.137. The highest BCUT2D eigenvalue weighted by Crippen LogP contribution is 2.38. The van der Waals surface area contributed by atoms with Crippen LogP contribution in [-0.2, 0) is 0 Å². The van der Waals surface area contributed by atoms with Crippen molar-refractivity contribution in [3.63, 3.8) is 0 Å². The first-order valence-electron chi connectivity index (χ1n) is 5.68. The van der Waals surface area contributed by atoms with E-state index in [1.165, 1.54) is 24.8 Å². The molecule has 0 heterocycles. The summed E-state index contributed by atoms with van der Waals surface area (Å²) in [5.41, 5.74) is 1.29. The van der Waals surface area contributed by atoms with Crippen LogP contribution in [0.25, 0.3) is 0 Å². The quantitative estimate of drug-likeness (QED) is 0.630. The standard InChI is InChI=1S/C14H17F/c1-2-3-11-4-5-13(10-11)12-6-8-14(15)9-7-12/h2-3,6-9,11,13H,4-5,10H2,1H3/b3-2+. The molecule has 0 aromatic heterocycles. The molecule has 0 N–H and O–H groups in total. The van der Waals surface area contributed by atoms with Crippen LogP contribution in [0.4, 0.5) is 4.39 Å². The fraction of sp³-hybridized carbons (Fsp3) is 0.429. The van der Waals surface area contributed by atoms with Crippen LogP contribution in [0.15, 0.2) is 36.4 Å². The lowest BCUT2D eigenvalue weighted by atomic mass is 9.96. The predicted octanol–water partition coefficient (Wildman–Crippen LogP) is 4.29. The second kappa shape index (κ2) is 4.61. The van der Waals surface area contributed by atoms with Crippen LogP contribution in [-0.4, -0.2) is 0 Å². The number of halogens is 1. The van der Waals surface area contributed by atoms with E-state index in [0.717, 1.165) is 5.92 Å². The van der Waals surface area contributed by atoms with Crippen molar-refractivity contribution in [2.75, 3.05) is 0 Å². The van der Waals surface area contributed by atoms with Gasteiger partial charge in [0.1, 0.15) is 5.82 Å². The largest absolute Gasteiger partial charge is 0.207 e. The van der Waals surface area contributed by atoms with Gasteiger partial charge in [0.15, 0.2) is 0 Å². The summed E-state index contributed by atoms with van der Waals surface area (Å²) in [5, 5.41) is 0. The Balaban J connectivity index is 2.04. The van der Waals surface area contributed by atoms with E-state index in [9.17, 15) is 4.39 Å².